The predicted octanol–water partition coefficient (Wildman–Crippen LogP) is 2.51. The van der Waals surface area contributed by atoms with E-state index < -0.39 is 0 Å². The van der Waals surface area contributed by atoms with Crippen molar-refractivity contribution in [1.29, 1.82) is 5.26 Å². The molecule has 1 amide bonds. The van der Waals surface area contributed by atoms with Crippen LogP contribution < -0.4 is 4.90 Å². The number of nitriles is 1. The average molecular weight is 306 g/mol. The summed E-state index contributed by atoms with van der Waals surface area (Å²) in [4.78, 5) is 20.2. The minimum absolute atomic E-state index is 0.0143. The lowest BCUT2D eigenvalue weighted by Gasteiger charge is -2.20. The number of carbonyl (C=O) groups is 1. The number of hydrogen-bond donors (Lipinski definition) is 0. The molecule has 1 saturated heterocycles. The Balaban J connectivity index is 1.79. The van der Waals surface area contributed by atoms with Crippen molar-refractivity contribution in [2.24, 2.45) is 5.92 Å². The first-order valence-electron chi connectivity index (χ1n) is 7.63. The Hall–Kier alpha value is -2.87. The summed E-state index contributed by atoms with van der Waals surface area (Å²) < 4.78 is 0. The number of pyridine rings is 1. The van der Waals surface area contributed by atoms with Gasteiger partial charge in [0.1, 0.15) is 5.82 Å². The van der Waals surface area contributed by atoms with E-state index in [2.05, 4.69) is 11.2 Å². The molecule has 0 unspecified atom stereocenters. The smallest absolute Gasteiger partial charge is 0.232 e. The molecule has 2 aromatic rings. The maximum Gasteiger partial charge on any atom is 0.232 e. The van der Waals surface area contributed by atoms with Crippen molar-refractivity contribution >= 4 is 11.7 Å². The summed E-state index contributed by atoms with van der Waals surface area (Å²) in [5, 5.41) is 8.92. The molecule has 1 aromatic heterocycles. The number of hydrogen-bond acceptors (Lipinski definition) is 4. The predicted molar refractivity (Wildman–Crippen MR) is 88.4 cm³/mol. The van der Waals surface area contributed by atoms with Crippen LogP contribution in [0.25, 0.3) is 11.1 Å². The Morgan fingerprint density at radius 3 is 2.78 bits per heavy atom. The topological polar surface area (TPSA) is 60.2 Å². The molecular weight excluding hydrogens is 288 g/mol. The Morgan fingerprint density at radius 2 is 2.09 bits per heavy atom. The fourth-order valence-electron chi connectivity index (χ4n) is 2.85. The van der Waals surface area contributed by atoms with E-state index in [-0.39, 0.29) is 11.8 Å². The number of nitrogens with zero attached hydrogens (tertiary/aromatic N) is 4. The lowest BCUT2D eigenvalue weighted by molar-refractivity contribution is -0.121. The van der Waals surface area contributed by atoms with Crippen LogP contribution in [0.4, 0.5) is 5.82 Å². The molecule has 1 aliphatic heterocycles. The molecule has 5 nitrogen and oxygen atoms in total. The summed E-state index contributed by atoms with van der Waals surface area (Å²) in [7, 11) is 1.74. The van der Waals surface area contributed by atoms with Crippen LogP contribution in [0.1, 0.15) is 6.42 Å². The van der Waals surface area contributed by atoms with Gasteiger partial charge in [0.2, 0.25) is 5.91 Å². The number of aromatic nitrogens is 1. The summed E-state index contributed by atoms with van der Waals surface area (Å²) in [5.74, 6) is 0.508. The van der Waals surface area contributed by atoms with Crippen LogP contribution in [0, 0.1) is 17.4 Å². The Labute approximate surface area is 135 Å². The Morgan fingerprint density at radius 1 is 1.30 bits per heavy atom. The fraction of sp³-hybridized carbons (Fsp3) is 0.278. The van der Waals surface area contributed by atoms with E-state index in [1.54, 1.807) is 23.0 Å². The van der Waals surface area contributed by atoms with E-state index in [4.69, 9.17) is 5.26 Å². The molecule has 23 heavy (non-hydrogen) atoms. The molecule has 2 heterocycles. The van der Waals surface area contributed by atoms with Gasteiger partial charge in [-0.1, -0.05) is 30.3 Å². The van der Waals surface area contributed by atoms with Crippen molar-refractivity contribution < 1.29 is 4.79 Å². The standard InChI is InChI=1S/C18H18N4O/c1-21(18(23)16-8-10-22(12-16)13-19)17-11-15(7-9-20-17)14-5-3-2-4-6-14/h2-7,9,11,16H,8,10,12H2,1H3/t16-/m0/s1. The third kappa shape index (κ3) is 3.16. The highest BCUT2D eigenvalue weighted by Crippen LogP contribution is 2.24. The molecule has 1 fully saturated rings. The van der Waals surface area contributed by atoms with Crippen LogP contribution in [0.15, 0.2) is 48.7 Å². The van der Waals surface area contributed by atoms with Crippen LogP contribution in [-0.2, 0) is 4.79 Å². The number of amides is 1. The summed E-state index contributed by atoms with van der Waals surface area (Å²) in [6, 6.07) is 13.9. The summed E-state index contributed by atoms with van der Waals surface area (Å²) in [5.41, 5.74) is 2.12. The third-order valence-corrected chi connectivity index (χ3v) is 4.21. The average Bonchev–Trinajstić information content (AvgIpc) is 3.10. The highest BCUT2D eigenvalue weighted by Gasteiger charge is 2.30. The first-order chi connectivity index (χ1) is 11.2. The Kier molecular flexibility index (Phi) is 4.24. The van der Waals surface area contributed by atoms with E-state index >= 15 is 0 Å². The van der Waals surface area contributed by atoms with Crippen molar-refractivity contribution in [2.45, 2.75) is 6.42 Å². The van der Waals surface area contributed by atoms with E-state index in [1.807, 2.05) is 42.5 Å². The van der Waals surface area contributed by atoms with Gasteiger partial charge in [-0.3, -0.25) is 9.69 Å². The molecule has 0 aliphatic carbocycles. The highest BCUT2D eigenvalue weighted by atomic mass is 16.2. The van der Waals surface area contributed by atoms with Crippen LogP contribution in [0.2, 0.25) is 0 Å². The molecule has 0 bridgehead atoms. The van der Waals surface area contributed by atoms with Crippen molar-refractivity contribution in [2.75, 3.05) is 25.0 Å². The minimum atomic E-state index is -0.137. The molecule has 1 aromatic carbocycles. The fourth-order valence-corrected chi connectivity index (χ4v) is 2.85. The van der Waals surface area contributed by atoms with Crippen molar-refractivity contribution in [3.63, 3.8) is 0 Å². The molecule has 0 spiro atoms. The van der Waals surface area contributed by atoms with Crippen LogP contribution in [0.3, 0.4) is 0 Å². The van der Waals surface area contributed by atoms with E-state index in [0.29, 0.717) is 18.9 Å². The number of rotatable bonds is 3. The second-order valence-corrected chi connectivity index (χ2v) is 5.70. The quantitative estimate of drug-likeness (QED) is 0.818. The first-order valence-corrected chi connectivity index (χ1v) is 7.63. The number of anilines is 1. The van der Waals surface area contributed by atoms with E-state index in [9.17, 15) is 4.79 Å². The molecule has 0 saturated carbocycles. The molecular formula is C18H18N4O. The van der Waals surface area contributed by atoms with Gasteiger partial charge in [-0.15, -0.1) is 0 Å². The van der Waals surface area contributed by atoms with Gasteiger partial charge in [0.25, 0.3) is 0 Å². The van der Waals surface area contributed by atoms with Crippen molar-refractivity contribution in [3.8, 4) is 17.3 Å². The zero-order valence-electron chi connectivity index (χ0n) is 13.0. The van der Waals surface area contributed by atoms with Gasteiger partial charge in [-0.2, -0.15) is 5.26 Å². The second-order valence-electron chi connectivity index (χ2n) is 5.70. The second kappa shape index (κ2) is 6.49. The van der Waals surface area contributed by atoms with Gasteiger partial charge in [0.05, 0.1) is 5.92 Å². The molecule has 1 atom stereocenters. The summed E-state index contributed by atoms with van der Waals surface area (Å²) in [6.45, 7) is 1.15. The van der Waals surface area contributed by atoms with E-state index in [0.717, 1.165) is 17.5 Å². The monoisotopic (exact) mass is 306 g/mol. The largest absolute Gasteiger partial charge is 0.310 e. The lowest BCUT2D eigenvalue weighted by atomic mass is 10.1. The normalized spacial score (nSPS) is 16.9. The third-order valence-electron chi connectivity index (χ3n) is 4.21. The van der Waals surface area contributed by atoms with Crippen molar-refractivity contribution in [1.82, 2.24) is 9.88 Å². The molecule has 3 rings (SSSR count). The van der Waals surface area contributed by atoms with Crippen LogP contribution >= 0.6 is 0 Å². The van der Waals surface area contributed by atoms with E-state index in [1.165, 1.54) is 0 Å². The lowest BCUT2D eigenvalue weighted by Crippen LogP contribution is -2.34. The van der Waals surface area contributed by atoms with Gasteiger partial charge >= 0.3 is 0 Å². The van der Waals surface area contributed by atoms with Gasteiger partial charge in [-0.25, -0.2) is 4.98 Å². The Bertz CT molecular complexity index is 738. The van der Waals surface area contributed by atoms with Crippen molar-refractivity contribution in [3.05, 3.63) is 48.7 Å². The SMILES string of the molecule is CN(C(=O)[C@H]1CCN(C#N)C1)c1cc(-c2ccccc2)ccn1. The number of carbonyl (C=O) groups excluding carboxylic acids is 1. The van der Waals surface area contributed by atoms with Gasteiger partial charge in [0.15, 0.2) is 6.19 Å². The zero-order valence-corrected chi connectivity index (χ0v) is 13.0. The maximum absolute atomic E-state index is 12.6. The number of benzene rings is 1. The van der Waals surface area contributed by atoms with Gasteiger partial charge < -0.3 is 4.90 Å². The summed E-state index contributed by atoms with van der Waals surface area (Å²) >= 11 is 0. The van der Waals surface area contributed by atoms with Crippen LogP contribution in [0.5, 0.6) is 0 Å². The molecule has 116 valence electrons. The van der Waals surface area contributed by atoms with Crippen LogP contribution in [-0.4, -0.2) is 35.9 Å². The maximum atomic E-state index is 12.6. The molecule has 5 heteroatoms. The zero-order chi connectivity index (χ0) is 16.2. The first kappa shape index (κ1) is 15.0. The molecule has 0 radical (unpaired) electrons. The molecule has 1 aliphatic rings. The minimum Gasteiger partial charge on any atom is -0.310 e. The summed E-state index contributed by atoms with van der Waals surface area (Å²) in [6.07, 6.45) is 4.54. The number of likely N-dealkylation sites (tertiary alicyclic amines) is 1. The van der Waals surface area contributed by atoms with Gasteiger partial charge in [-0.05, 0) is 29.7 Å². The highest BCUT2D eigenvalue weighted by molar-refractivity contribution is 5.94. The van der Waals surface area contributed by atoms with Gasteiger partial charge in [0, 0.05) is 26.3 Å². The molecule has 0 N–H and O–H groups in total.